The predicted octanol–water partition coefficient (Wildman–Crippen LogP) is 4.23. The summed E-state index contributed by atoms with van der Waals surface area (Å²) in [5.41, 5.74) is 2.37. The maximum Gasteiger partial charge on any atom is 0.357 e. The summed E-state index contributed by atoms with van der Waals surface area (Å²) in [7, 11) is 0. The molecule has 24 heavy (non-hydrogen) atoms. The van der Waals surface area contributed by atoms with E-state index in [0.29, 0.717) is 5.82 Å². The van der Waals surface area contributed by atoms with Crippen LogP contribution >= 0.6 is 11.3 Å². The third-order valence-corrected chi connectivity index (χ3v) is 4.81. The first kappa shape index (κ1) is 16.1. The van der Waals surface area contributed by atoms with Crippen molar-refractivity contribution in [2.24, 2.45) is 0 Å². The van der Waals surface area contributed by atoms with Gasteiger partial charge in [-0.2, -0.15) is 0 Å². The molecule has 2 aromatic heterocycles. The lowest BCUT2D eigenvalue weighted by atomic mass is 10.0. The number of hydrogen-bond donors (Lipinski definition) is 1. The Kier molecular flexibility index (Phi) is 4.86. The van der Waals surface area contributed by atoms with Crippen LogP contribution in [-0.4, -0.2) is 4.92 Å². The van der Waals surface area contributed by atoms with Crippen LogP contribution in [0.4, 0.5) is 11.5 Å². The minimum Gasteiger partial charge on any atom is -0.258 e. The van der Waals surface area contributed by atoms with E-state index in [1.165, 1.54) is 11.6 Å². The fraction of sp³-hybridized carbons (Fsp3) is 0.167. The second-order valence-electron chi connectivity index (χ2n) is 5.38. The van der Waals surface area contributed by atoms with Crippen LogP contribution in [0.25, 0.3) is 0 Å². The monoisotopic (exact) mass is 340 g/mol. The second-order valence-corrected chi connectivity index (χ2v) is 6.35. The first-order valence-electron chi connectivity index (χ1n) is 7.73. The Labute approximate surface area is 144 Å². The van der Waals surface area contributed by atoms with Gasteiger partial charge in [-0.1, -0.05) is 37.3 Å². The summed E-state index contributed by atoms with van der Waals surface area (Å²) in [6.07, 6.45) is 2.66. The second kappa shape index (κ2) is 7.23. The first-order valence-corrected chi connectivity index (χ1v) is 8.61. The van der Waals surface area contributed by atoms with Gasteiger partial charge in [0, 0.05) is 11.6 Å². The van der Waals surface area contributed by atoms with Crippen molar-refractivity contribution in [3.8, 4) is 0 Å². The topological polar surface area (TPSA) is 69.3 Å². The van der Waals surface area contributed by atoms with Gasteiger partial charge in [-0.15, -0.1) is 11.3 Å². The maximum absolute atomic E-state index is 11.3. The molecule has 0 saturated heterocycles. The number of aromatic amines is 1. The van der Waals surface area contributed by atoms with Crippen LogP contribution in [-0.2, 0) is 6.42 Å². The number of benzene rings is 1. The van der Waals surface area contributed by atoms with Gasteiger partial charge < -0.3 is 0 Å². The molecule has 5 nitrogen and oxygen atoms in total. The van der Waals surface area contributed by atoms with Crippen LogP contribution in [0.15, 0.2) is 60.1 Å². The summed E-state index contributed by atoms with van der Waals surface area (Å²) in [5, 5.41) is 16.6. The molecule has 0 aliphatic carbocycles. The van der Waals surface area contributed by atoms with Crippen molar-refractivity contribution < 1.29 is 9.91 Å². The quantitative estimate of drug-likeness (QED) is 0.539. The van der Waals surface area contributed by atoms with E-state index in [-0.39, 0.29) is 16.7 Å². The van der Waals surface area contributed by atoms with Crippen molar-refractivity contribution in [2.75, 3.05) is 5.32 Å². The molecule has 0 aliphatic heterocycles. The minimum absolute atomic E-state index is 0.0317. The van der Waals surface area contributed by atoms with Crippen molar-refractivity contribution in [3.63, 3.8) is 0 Å². The van der Waals surface area contributed by atoms with Gasteiger partial charge in [-0.25, -0.2) is 4.98 Å². The summed E-state index contributed by atoms with van der Waals surface area (Å²) in [5.74, 6) is 0.403. The number of thiophene rings is 1. The molecule has 1 aromatic carbocycles. The first-order chi connectivity index (χ1) is 11.7. The lowest BCUT2D eigenvalue weighted by Gasteiger charge is -2.14. The highest BCUT2D eigenvalue weighted by Gasteiger charge is 2.26. The Morgan fingerprint density at radius 3 is 2.62 bits per heavy atom. The summed E-state index contributed by atoms with van der Waals surface area (Å²) < 4.78 is 0. The minimum atomic E-state index is -0.384. The molecule has 0 fully saturated rings. The zero-order valence-corrected chi connectivity index (χ0v) is 14.0. The zero-order valence-electron chi connectivity index (χ0n) is 13.2. The fourth-order valence-corrected chi connectivity index (χ4v) is 3.36. The molecule has 6 heteroatoms. The molecule has 0 radical (unpaired) electrons. The number of nitro groups is 1. The summed E-state index contributed by atoms with van der Waals surface area (Å²) in [6, 6.07) is 15.3. The molecule has 0 bridgehead atoms. The van der Waals surface area contributed by atoms with Crippen LogP contribution in [0.3, 0.4) is 0 Å². The molecule has 0 spiro atoms. The van der Waals surface area contributed by atoms with Gasteiger partial charge in [-0.05, 0) is 29.5 Å². The van der Waals surface area contributed by atoms with Crippen LogP contribution in [0.5, 0.6) is 0 Å². The average molecular weight is 340 g/mol. The Bertz CT molecular complexity index is 817. The lowest BCUT2D eigenvalue weighted by Crippen LogP contribution is -2.19. The molecule has 3 rings (SSSR count). The Hall–Kier alpha value is -2.73. The van der Waals surface area contributed by atoms with E-state index >= 15 is 0 Å². The normalized spacial score (nSPS) is 11.9. The third kappa shape index (κ3) is 3.44. The molecule has 122 valence electrons. The van der Waals surface area contributed by atoms with Gasteiger partial charge in [0.2, 0.25) is 0 Å². The number of anilines is 1. The van der Waals surface area contributed by atoms with Crippen LogP contribution in [0.1, 0.15) is 29.0 Å². The molecule has 3 aromatic rings. The van der Waals surface area contributed by atoms with Gasteiger partial charge >= 0.3 is 11.5 Å². The predicted molar refractivity (Wildman–Crippen MR) is 95.3 cm³/mol. The van der Waals surface area contributed by atoms with Gasteiger partial charge in [-0.3, -0.25) is 15.4 Å². The van der Waals surface area contributed by atoms with Crippen molar-refractivity contribution in [2.45, 2.75) is 19.4 Å². The number of aromatic nitrogens is 1. The SMILES string of the molecule is CCc1ccc([C@@H](Nc2[nH+]cccc2[N+](=O)[O-])c2cccs2)cc1. The molecule has 0 unspecified atom stereocenters. The van der Waals surface area contributed by atoms with Crippen LogP contribution in [0, 0.1) is 10.1 Å². The van der Waals surface area contributed by atoms with Crippen molar-refractivity contribution in [1.29, 1.82) is 0 Å². The number of aryl methyl sites for hydroxylation is 1. The van der Waals surface area contributed by atoms with Gasteiger partial charge in [0.1, 0.15) is 0 Å². The van der Waals surface area contributed by atoms with E-state index in [0.717, 1.165) is 16.9 Å². The van der Waals surface area contributed by atoms with Gasteiger partial charge in [0.05, 0.1) is 16.0 Å². The molecule has 0 saturated carbocycles. The Morgan fingerprint density at radius 2 is 2.00 bits per heavy atom. The van der Waals surface area contributed by atoms with Gasteiger partial charge in [0.15, 0.2) is 6.04 Å². The van der Waals surface area contributed by atoms with Crippen molar-refractivity contribution in [1.82, 2.24) is 0 Å². The number of nitrogens with zero attached hydrogens (tertiary/aromatic N) is 1. The van der Waals surface area contributed by atoms with E-state index in [1.54, 1.807) is 23.6 Å². The molecular formula is C18H18N3O2S+. The molecule has 0 amide bonds. The van der Waals surface area contributed by atoms with E-state index in [1.807, 2.05) is 17.5 Å². The molecule has 2 N–H and O–H groups in total. The number of H-pyrrole nitrogens is 1. The van der Waals surface area contributed by atoms with E-state index in [4.69, 9.17) is 0 Å². The standard InChI is InChI=1S/C18H17N3O2S/c1-2-13-7-9-14(10-8-13)17(16-6-4-12-24-16)20-18-15(21(22)23)5-3-11-19-18/h3-12,17H,2H2,1H3,(H,19,20)/p+1/t17-/m1/s1. The lowest BCUT2D eigenvalue weighted by molar-refractivity contribution is -0.409. The third-order valence-electron chi connectivity index (χ3n) is 3.87. The smallest absolute Gasteiger partial charge is 0.258 e. The zero-order chi connectivity index (χ0) is 16.9. The number of hydrogen-bond acceptors (Lipinski definition) is 4. The summed E-state index contributed by atoms with van der Waals surface area (Å²) in [4.78, 5) is 14.9. The maximum atomic E-state index is 11.3. The molecule has 2 heterocycles. The van der Waals surface area contributed by atoms with Crippen LogP contribution in [0.2, 0.25) is 0 Å². The highest BCUT2D eigenvalue weighted by atomic mass is 32.1. The number of pyridine rings is 1. The highest BCUT2D eigenvalue weighted by Crippen LogP contribution is 2.31. The molecule has 0 aliphatic rings. The Morgan fingerprint density at radius 1 is 1.21 bits per heavy atom. The van der Waals surface area contributed by atoms with E-state index < -0.39 is 0 Å². The fourth-order valence-electron chi connectivity index (χ4n) is 2.56. The number of rotatable bonds is 6. The largest absolute Gasteiger partial charge is 0.357 e. The summed E-state index contributed by atoms with van der Waals surface area (Å²) in [6.45, 7) is 2.12. The number of nitrogens with one attached hydrogen (secondary N) is 2. The average Bonchev–Trinajstić information content (AvgIpc) is 3.14. The Balaban J connectivity index is 1.99. The van der Waals surface area contributed by atoms with Crippen molar-refractivity contribution >= 4 is 22.8 Å². The molecule has 1 atom stereocenters. The van der Waals surface area contributed by atoms with Crippen LogP contribution < -0.4 is 10.3 Å². The van der Waals surface area contributed by atoms with E-state index in [2.05, 4.69) is 41.5 Å². The van der Waals surface area contributed by atoms with Crippen molar-refractivity contribution in [3.05, 3.63) is 86.2 Å². The van der Waals surface area contributed by atoms with E-state index in [9.17, 15) is 10.1 Å². The summed E-state index contributed by atoms with van der Waals surface area (Å²) >= 11 is 1.62. The van der Waals surface area contributed by atoms with Gasteiger partial charge in [0.25, 0.3) is 0 Å². The molecular weight excluding hydrogens is 322 g/mol. The highest BCUT2D eigenvalue weighted by molar-refractivity contribution is 7.10.